The third kappa shape index (κ3) is 5.91. The highest BCUT2D eigenvalue weighted by Gasteiger charge is 2.15. The number of carbonyl (C=O) groups is 1. The van der Waals surface area contributed by atoms with Crippen molar-refractivity contribution in [3.05, 3.63) is 94.9 Å². The van der Waals surface area contributed by atoms with Gasteiger partial charge in [-0.15, -0.1) is 11.3 Å². The van der Waals surface area contributed by atoms with E-state index in [2.05, 4.69) is 67.9 Å². The van der Waals surface area contributed by atoms with Gasteiger partial charge in [0.25, 0.3) is 5.91 Å². The van der Waals surface area contributed by atoms with Gasteiger partial charge in [-0.1, -0.05) is 80.1 Å². The third-order valence-electron chi connectivity index (χ3n) is 5.75. The molecule has 1 aromatic heterocycles. The van der Waals surface area contributed by atoms with Crippen LogP contribution in [0.5, 0.6) is 5.75 Å². The Morgan fingerprint density at radius 3 is 2.21 bits per heavy atom. The fourth-order valence-corrected chi connectivity index (χ4v) is 4.39. The summed E-state index contributed by atoms with van der Waals surface area (Å²) in [5, 5.41) is 6.03. The summed E-state index contributed by atoms with van der Waals surface area (Å²) in [5.74, 6) is 1.02. The number of rotatable bonds is 8. The summed E-state index contributed by atoms with van der Waals surface area (Å²) < 4.78 is 5.80. The standard InChI is InChI=1S/C29H30N2O2S/c1-19(2)23-13-15-26(16-14-23)33-21(4)28(32)30-17-22-7-11-25(12-8-22)29-31-27(18-34-29)24-9-5-20(3)6-10-24/h5-16,18-19,21H,17H2,1-4H3,(H,30,32). The number of nitrogens with one attached hydrogen (secondary N) is 1. The maximum Gasteiger partial charge on any atom is 0.261 e. The van der Waals surface area contributed by atoms with E-state index in [0.717, 1.165) is 27.4 Å². The fraction of sp³-hybridized carbons (Fsp3) is 0.241. The molecule has 3 aromatic carbocycles. The predicted molar refractivity (Wildman–Crippen MR) is 140 cm³/mol. The van der Waals surface area contributed by atoms with E-state index in [0.29, 0.717) is 18.2 Å². The summed E-state index contributed by atoms with van der Waals surface area (Å²) in [5.41, 5.74) is 6.70. The molecule has 34 heavy (non-hydrogen) atoms. The molecule has 4 rings (SSSR count). The number of aromatic nitrogens is 1. The SMILES string of the molecule is Cc1ccc(-c2csc(-c3ccc(CNC(=O)C(C)Oc4ccc(C(C)C)cc4)cc3)n2)cc1. The van der Waals surface area contributed by atoms with Crippen LogP contribution in [-0.4, -0.2) is 17.0 Å². The Bertz CT molecular complexity index is 1230. The van der Waals surface area contributed by atoms with Crippen LogP contribution in [-0.2, 0) is 11.3 Å². The van der Waals surface area contributed by atoms with Crippen LogP contribution in [0.1, 0.15) is 43.4 Å². The number of nitrogens with zero attached hydrogens (tertiary/aromatic N) is 1. The summed E-state index contributed by atoms with van der Waals surface area (Å²) in [6.45, 7) is 8.60. The third-order valence-corrected chi connectivity index (χ3v) is 6.64. The zero-order valence-electron chi connectivity index (χ0n) is 20.0. The lowest BCUT2D eigenvalue weighted by Gasteiger charge is -2.15. The van der Waals surface area contributed by atoms with E-state index in [9.17, 15) is 4.79 Å². The second kappa shape index (κ2) is 10.7. The largest absolute Gasteiger partial charge is 0.481 e. The van der Waals surface area contributed by atoms with E-state index in [4.69, 9.17) is 9.72 Å². The zero-order chi connectivity index (χ0) is 24.1. The molecule has 1 heterocycles. The summed E-state index contributed by atoms with van der Waals surface area (Å²) in [6, 6.07) is 24.5. The van der Waals surface area contributed by atoms with E-state index in [1.165, 1.54) is 11.1 Å². The smallest absolute Gasteiger partial charge is 0.261 e. The highest BCUT2D eigenvalue weighted by atomic mass is 32.1. The molecule has 0 aliphatic rings. The molecular formula is C29H30N2O2S. The molecule has 0 bridgehead atoms. The monoisotopic (exact) mass is 470 g/mol. The molecule has 0 fully saturated rings. The molecule has 0 spiro atoms. The van der Waals surface area contributed by atoms with Gasteiger partial charge in [0.2, 0.25) is 0 Å². The first-order valence-electron chi connectivity index (χ1n) is 11.6. The molecular weight excluding hydrogens is 440 g/mol. The van der Waals surface area contributed by atoms with Gasteiger partial charge in [0, 0.05) is 23.1 Å². The molecule has 5 heteroatoms. The van der Waals surface area contributed by atoms with Gasteiger partial charge < -0.3 is 10.1 Å². The molecule has 0 radical (unpaired) electrons. The van der Waals surface area contributed by atoms with Gasteiger partial charge in [-0.3, -0.25) is 4.79 Å². The first-order valence-corrected chi connectivity index (χ1v) is 12.4. The van der Waals surface area contributed by atoms with Crippen LogP contribution in [0.2, 0.25) is 0 Å². The van der Waals surface area contributed by atoms with Gasteiger partial charge in [-0.05, 0) is 43.0 Å². The van der Waals surface area contributed by atoms with Crippen molar-refractivity contribution in [3.8, 4) is 27.6 Å². The normalized spacial score (nSPS) is 11.9. The number of thiazole rings is 1. The van der Waals surface area contributed by atoms with Crippen molar-refractivity contribution in [2.24, 2.45) is 0 Å². The minimum atomic E-state index is -0.570. The van der Waals surface area contributed by atoms with Crippen molar-refractivity contribution < 1.29 is 9.53 Å². The molecule has 4 nitrogen and oxygen atoms in total. The average molecular weight is 471 g/mol. The quantitative estimate of drug-likeness (QED) is 0.302. The van der Waals surface area contributed by atoms with Gasteiger partial charge in [0.05, 0.1) is 5.69 Å². The van der Waals surface area contributed by atoms with Gasteiger partial charge in [0.1, 0.15) is 10.8 Å². The second-order valence-corrected chi connectivity index (χ2v) is 9.66. The van der Waals surface area contributed by atoms with E-state index < -0.39 is 6.10 Å². The Kier molecular flexibility index (Phi) is 7.43. The summed E-state index contributed by atoms with van der Waals surface area (Å²) in [6.07, 6.45) is -0.570. The van der Waals surface area contributed by atoms with Gasteiger partial charge in [0.15, 0.2) is 6.10 Å². The maximum atomic E-state index is 12.5. The maximum absolute atomic E-state index is 12.5. The van der Waals surface area contributed by atoms with Crippen molar-refractivity contribution in [2.75, 3.05) is 0 Å². The number of hydrogen-bond acceptors (Lipinski definition) is 4. The predicted octanol–water partition coefficient (Wildman–Crippen LogP) is 6.99. The van der Waals surface area contributed by atoms with Crippen LogP contribution >= 0.6 is 11.3 Å². The number of carbonyl (C=O) groups excluding carboxylic acids is 1. The van der Waals surface area contributed by atoms with Gasteiger partial charge in [-0.25, -0.2) is 4.98 Å². The lowest BCUT2D eigenvalue weighted by atomic mass is 10.0. The van der Waals surface area contributed by atoms with E-state index in [-0.39, 0.29) is 5.91 Å². The van der Waals surface area contributed by atoms with E-state index in [1.54, 1.807) is 18.3 Å². The number of aryl methyl sites for hydroxylation is 1. The molecule has 0 saturated heterocycles. The molecule has 1 N–H and O–H groups in total. The van der Waals surface area contributed by atoms with E-state index in [1.807, 2.05) is 36.4 Å². The molecule has 0 aliphatic heterocycles. The Morgan fingerprint density at radius 2 is 1.56 bits per heavy atom. The van der Waals surface area contributed by atoms with Crippen molar-refractivity contribution in [2.45, 2.75) is 46.3 Å². The van der Waals surface area contributed by atoms with E-state index >= 15 is 0 Å². The van der Waals surface area contributed by atoms with Crippen LogP contribution in [0.4, 0.5) is 0 Å². The van der Waals surface area contributed by atoms with Crippen LogP contribution in [0.3, 0.4) is 0 Å². The molecule has 0 aliphatic carbocycles. The summed E-state index contributed by atoms with van der Waals surface area (Å²) in [7, 11) is 0. The fourth-order valence-electron chi connectivity index (χ4n) is 3.55. The first-order chi connectivity index (χ1) is 16.4. The Labute approximate surface area is 205 Å². The lowest BCUT2D eigenvalue weighted by Crippen LogP contribution is -2.35. The minimum absolute atomic E-state index is 0.139. The molecule has 174 valence electrons. The number of amides is 1. The molecule has 4 aromatic rings. The molecule has 1 unspecified atom stereocenters. The van der Waals surface area contributed by atoms with Crippen LogP contribution < -0.4 is 10.1 Å². The van der Waals surface area contributed by atoms with Crippen molar-refractivity contribution in [1.29, 1.82) is 0 Å². The van der Waals surface area contributed by atoms with Crippen molar-refractivity contribution >= 4 is 17.2 Å². The number of ether oxygens (including phenoxy) is 1. The topological polar surface area (TPSA) is 51.2 Å². The summed E-state index contributed by atoms with van der Waals surface area (Å²) >= 11 is 1.64. The highest BCUT2D eigenvalue weighted by Crippen LogP contribution is 2.29. The lowest BCUT2D eigenvalue weighted by molar-refractivity contribution is -0.127. The zero-order valence-corrected chi connectivity index (χ0v) is 20.9. The Balaban J connectivity index is 1.31. The van der Waals surface area contributed by atoms with Gasteiger partial charge >= 0.3 is 0 Å². The Hall–Kier alpha value is -3.44. The van der Waals surface area contributed by atoms with Gasteiger partial charge in [-0.2, -0.15) is 0 Å². The molecule has 1 amide bonds. The average Bonchev–Trinajstić information content (AvgIpc) is 3.34. The molecule has 1 atom stereocenters. The highest BCUT2D eigenvalue weighted by molar-refractivity contribution is 7.13. The van der Waals surface area contributed by atoms with Crippen LogP contribution in [0.15, 0.2) is 78.2 Å². The van der Waals surface area contributed by atoms with Crippen LogP contribution in [0.25, 0.3) is 21.8 Å². The number of benzene rings is 3. The Morgan fingerprint density at radius 1 is 0.912 bits per heavy atom. The minimum Gasteiger partial charge on any atom is -0.481 e. The summed E-state index contributed by atoms with van der Waals surface area (Å²) in [4.78, 5) is 17.3. The first kappa shape index (κ1) is 23.7. The number of hydrogen-bond donors (Lipinski definition) is 1. The van der Waals surface area contributed by atoms with Crippen molar-refractivity contribution in [1.82, 2.24) is 10.3 Å². The van der Waals surface area contributed by atoms with Crippen molar-refractivity contribution in [3.63, 3.8) is 0 Å². The second-order valence-electron chi connectivity index (χ2n) is 8.80. The molecule has 0 saturated carbocycles. The van der Waals surface area contributed by atoms with Crippen LogP contribution in [0, 0.1) is 6.92 Å².